The number of nitrogens with zero attached hydrogens (tertiary/aromatic N) is 4. The lowest BCUT2D eigenvalue weighted by molar-refractivity contribution is -0.140. The Balaban J connectivity index is 1.85. The molecule has 4 aromatic rings. The molecule has 3 N–H and O–H groups in total. The van der Waals surface area contributed by atoms with Crippen LogP contribution in [0.4, 0.5) is 23.8 Å². The molecule has 1 aromatic carbocycles. The van der Waals surface area contributed by atoms with Gasteiger partial charge in [0, 0.05) is 67.6 Å². The number of urea groups is 1. The Kier molecular flexibility index (Phi) is 10.9. The lowest BCUT2D eigenvalue weighted by atomic mass is 9.99. The smallest absolute Gasteiger partial charge is 0.383 e. The standard InChI is InChI=1S/C30H34F3N7O4S/c1-5-8-35-29(43)38-25-14-19(28-37-24(17-45-28)30(31,32)33)21(15-36-25)18-6-7-23-20(13-18)26(41)22(16-40(23)11-12-44-4)27(42)34-9-10-39(2)3/h6-7,13-17H,5,8-12H2,1-4H3,(H,34,42)(H2,35,36,38,43). The van der Waals surface area contributed by atoms with Gasteiger partial charge in [-0.15, -0.1) is 11.3 Å². The van der Waals surface area contributed by atoms with Gasteiger partial charge in [-0.2, -0.15) is 13.2 Å². The zero-order valence-electron chi connectivity index (χ0n) is 25.2. The minimum Gasteiger partial charge on any atom is -0.383 e. The van der Waals surface area contributed by atoms with Gasteiger partial charge in [-0.25, -0.2) is 14.8 Å². The zero-order valence-corrected chi connectivity index (χ0v) is 26.1. The van der Waals surface area contributed by atoms with Crippen LogP contribution in [-0.2, 0) is 17.5 Å². The average Bonchev–Trinajstić information content (AvgIpc) is 3.51. The Morgan fingerprint density at radius 3 is 2.56 bits per heavy atom. The number of carbonyl (C=O) groups excluding carboxylic acids is 2. The van der Waals surface area contributed by atoms with Gasteiger partial charge in [-0.3, -0.25) is 14.9 Å². The number of halogens is 3. The third-order valence-electron chi connectivity index (χ3n) is 6.72. The number of nitrogens with one attached hydrogen (secondary N) is 3. The maximum atomic E-state index is 13.7. The van der Waals surface area contributed by atoms with E-state index in [0.29, 0.717) is 55.9 Å². The molecule has 3 heterocycles. The minimum atomic E-state index is -4.65. The van der Waals surface area contributed by atoms with Crippen LogP contribution in [-0.4, -0.2) is 78.8 Å². The summed E-state index contributed by atoms with van der Waals surface area (Å²) in [5.41, 5.74) is 0.0362. The number of methoxy groups -OCH3 is 1. The summed E-state index contributed by atoms with van der Waals surface area (Å²) in [6.07, 6.45) is -1.04. The quantitative estimate of drug-likeness (QED) is 0.204. The summed E-state index contributed by atoms with van der Waals surface area (Å²) in [5, 5.41) is 9.21. The molecule has 0 unspecified atom stereocenters. The summed E-state index contributed by atoms with van der Waals surface area (Å²) in [4.78, 5) is 49.1. The third kappa shape index (κ3) is 8.23. The van der Waals surface area contributed by atoms with Gasteiger partial charge in [0.15, 0.2) is 5.69 Å². The van der Waals surface area contributed by atoms with Crippen molar-refractivity contribution in [2.45, 2.75) is 26.1 Å². The number of alkyl halides is 3. The fourth-order valence-electron chi connectivity index (χ4n) is 4.45. The summed E-state index contributed by atoms with van der Waals surface area (Å²) in [5.74, 6) is -0.424. The molecule has 0 aliphatic carbocycles. The summed E-state index contributed by atoms with van der Waals surface area (Å²) in [6, 6.07) is 5.92. The Hall–Kier alpha value is -4.34. The summed E-state index contributed by atoms with van der Waals surface area (Å²) < 4.78 is 47.4. The van der Waals surface area contributed by atoms with Crippen LogP contribution in [0.25, 0.3) is 32.6 Å². The number of aromatic nitrogens is 3. The van der Waals surface area contributed by atoms with E-state index in [1.807, 2.05) is 25.9 Å². The number of fused-ring (bicyclic) bond motifs is 1. The lowest BCUT2D eigenvalue weighted by Gasteiger charge is -2.16. The number of ether oxygens (including phenoxy) is 1. The van der Waals surface area contributed by atoms with Gasteiger partial charge in [0.1, 0.15) is 16.4 Å². The number of hydrogen-bond acceptors (Lipinski definition) is 8. The van der Waals surface area contributed by atoms with Gasteiger partial charge in [-0.05, 0) is 44.3 Å². The molecule has 0 saturated carbocycles. The van der Waals surface area contributed by atoms with Crippen molar-refractivity contribution in [3.05, 3.63) is 63.5 Å². The van der Waals surface area contributed by atoms with Crippen LogP contribution < -0.4 is 21.4 Å². The number of thiazole rings is 1. The highest BCUT2D eigenvalue weighted by atomic mass is 32.1. The third-order valence-corrected chi connectivity index (χ3v) is 7.60. The molecule has 3 amide bonds. The van der Waals surface area contributed by atoms with Crippen molar-refractivity contribution in [2.75, 3.05) is 52.8 Å². The van der Waals surface area contributed by atoms with Crippen molar-refractivity contribution in [1.82, 2.24) is 30.1 Å². The lowest BCUT2D eigenvalue weighted by Crippen LogP contribution is -2.34. The first kappa shape index (κ1) is 33.6. The van der Waals surface area contributed by atoms with Gasteiger partial charge < -0.3 is 24.8 Å². The molecule has 0 spiro atoms. The topological polar surface area (TPSA) is 130 Å². The molecule has 240 valence electrons. The number of anilines is 1. The van der Waals surface area contributed by atoms with Crippen molar-refractivity contribution < 1.29 is 27.5 Å². The largest absolute Gasteiger partial charge is 0.434 e. The molecule has 45 heavy (non-hydrogen) atoms. The number of benzene rings is 1. The van der Waals surface area contributed by atoms with Gasteiger partial charge in [0.05, 0.1) is 12.1 Å². The first-order valence-corrected chi connectivity index (χ1v) is 15.0. The van der Waals surface area contributed by atoms with Crippen molar-refractivity contribution in [1.29, 1.82) is 0 Å². The van der Waals surface area contributed by atoms with Gasteiger partial charge in [0.2, 0.25) is 5.43 Å². The number of pyridine rings is 2. The predicted octanol–water partition coefficient (Wildman–Crippen LogP) is 4.68. The molecule has 11 nitrogen and oxygen atoms in total. The first-order valence-electron chi connectivity index (χ1n) is 14.1. The number of amides is 3. The normalized spacial score (nSPS) is 11.6. The van der Waals surface area contributed by atoms with Crippen molar-refractivity contribution in [2.24, 2.45) is 0 Å². The van der Waals surface area contributed by atoms with Gasteiger partial charge in [0.25, 0.3) is 5.91 Å². The van der Waals surface area contributed by atoms with Crippen LogP contribution in [0.1, 0.15) is 29.4 Å². The number of hydrogen-bond donors (Lipinski definition) is 3. The Labute approximate surface area is 261 Å². The number of likely N-dealkylation sites (N-methyl/N-ethyl adjacent to an activating group) is 1. The maximum Gasteiger partial charge on any atom is 0.434 e. The minimum absolute atomic E-state index is 0.0448. The van der Waals surface area contributed by atoms with E-state index in [4.69, 9.17) is 4.74 Å². The first-order chi connectivity index (χ1) is 21.4. The second-order valence-electron chi connectivity index (χ2n) is 10.4. The SMILES string of the molecule is CCCNC(=O)Nc1cc(-c2nc(C(F)(F)F)cs2)c(-c2ccc3c(c2)c(=O)c(C(=O)NCCN(C)C)cn3CCOC)cn1. The van der Waals surface area contributed by atoms with Crippen LogP contribution in [0.2, 0.25) is 0 Å². The highest BCUT2D eigenvalue weighted by molar-refractivity contribution is 7.13. The maximum absolute atomic E-state index is 13.7. The van der Waals surface area contributed by atoms with E-state index in [0.717, 1.165) is 16.7 Å². The van der Waals surface area contributed by atoms with Crippen LogP contribution in [0.5, 0.6) is 0 Å². The van der Waals surface area contributed by atoms with Gasteiger partial charge >= 0.3 is 12.2 Å². The number of rotatable bonds is 12. The highest BCUT2D eigenvalue weighted by Crippen LogP contribution is 2.39. The van der Waals surface area contributed by atoms with Gasteiger partial charge in [-0.1, -0.05) is 13.0 Å². The molecule has 3 aromatic heterocycles. The van der Waals surface area contributed by atoms with Crippen molar-refractivity contribution in [3.63, 3.8) is 0 Å². The molecule has 4 rings (SSSR count). The highest BCUT2D eigenvalue weighted by Gasteiger charge is 2.34. The van der Waals surface area contributed by atoms with E-state index < -0.39 is 29.2 Å². The van der Waals surface area contributed by atoms with E-state index in [2.05, 4.69) is 25.9 Å². The van der Waals surface area contributed by atoms with Crippen LogP contribution in [0.15, 0.2) is 46.8 Å². The molecule has 0 radical (unpaired) electrons. The number of carbonyl (C=O) groups is 2. The molecule has 0 saturated heterocycles. The van der Waals surface area contributed by atoms with E-state index in [1.165, 1.54) is 18.5 Å². The molecule has 0 aliphatic rings. The van der Waals surface area contributed by atoms with E-state index in [-0.39, 0.29) is 27.3 Å². The molecule has 0 aliphatic heterocycles. The van der Waals surface area contributed by atoms with E-state index in [1.54, 1.807) is 29.9 Å². The fraction of sp³-hybridized carbons (Fsp3) is 0.367. The molecular formula is C30H34F3N7O4S. The average molecular weight is 646 g/mol. The second kappa shape index (κ2) is 14.6. The van der Waals surface area contributed by atoms with E-state index >= 15 is 0 Å². The molecule has 0 fully saturated rings. The molecule has 15 heteroatoms. The fourth-order valence-corrected chi connectivity index (χ4v) is 5.30. The Morgan fingerprint density at radius 1 is 1.11 bits per heavy atom. The van der Waals surface area contributed by atoms with Crippen LogP contribution >= 0.6 is 11.3 Å². The van der Waals surface area contributed by atoms with E-state index in [9.17, 15) is 27.6 Å². The monoisotopic (exact) mass is 645 g/mol. The van der Waals surface area contributed by atoms with Crippen LogP contribution in [0.3, 0.4) is 0 Å². The Morgan fingerprint density at radius 2 is 1.89 bits per heavy atom. The van der Waals surface area contributed by atoms with Crippen molar-refractivity contribution in [3.8, 4) is 21.7 Å². The molecule has 0 bridgehead atoms. The summed E-state index contributed by atoms with van der Waals surface area (Å²) >= 11 is 0.791. The van der Waals surface area contributed by atoms with Crippen molar-refractivity contribution >= 4 is 40.0 Å². The zero-order chi connectivity index (χ0) is 32.7. The Bertz CT molecular complexity index is 1740. The predicted molar refractivity (Wildman–Crippen MR) is 168 cm³/mol. The van der Waals surface area contributed by atoms with Crippen LogP contribution in [0, 0.1) is 0 Å². The molecular weight excluding hydrogens is 611 g/mol. The molecule has 0 atom stereocenters. The summed E-state index contributed by atoms with van der Waals surface area (Å²) in [6.45, 7) is 3.91. The summed E-state index contributed by atoms with van der Waals surface area (Å²) in [7, 11) is 5.27. The second-order valence-corrected chi connectivity index (χ2v) is 11.2.